The van der Waals surface area contributed by atoms with E-state index in [1.165, 1.54) is 5.56 Å². The van der Waals surface area contributed by atoms with Crippen molar-refractivity contribution in [3.8, 4) is 0 Å². The smallest absolute Gasteiger partial charge is 0.0587 e. The predicted octanol–water partition coefficient (Wildman–Crippen LogP) is 1.14. The van der Waals surface area contributed by atoms with Crippen LogP contribution in [0.2, 0.25) is 0 Å². The molecule has 3 nitrogen and oxygen atoms in total. The fourth-order valence-electron chi connectivity index (χ4n) is 2.60. The number of hydrogen-bond acceptors (Lipinski definition) is 3. The fraction of sp³-hybridized carbons (Fsp3) is 0.538. The lowest BCUT2D eigenvalue weighted by Crippen LogP contribution is -2.39. The van der Waals surface area contributed by atoms with Crippen molar-refractivity contribution in [2.45, 2.75) is 24.9 Å². The number of aliphatic hydroxyl groups excluding tert-OH is 1. The first-order valence-electron chi connectivity index (χ1n) is 5.98. The van der Waals surface area contributed by atoms with E-state index in [1.807, 2.05) is 18.2 Å². The Kier molecular flexibility index (Phi) is 3.93. The summed E-state index contributed by atoms with van der Waals surface area (Å²) in [5, 5.41) is 9.35. The molecule has 16 heavy (non-hydrogen) atoms. The van der Waals surface area contributed by atoms with Crippen molar-refractivity contribution in [1.29, 1.82) is 0 Å². The van der Waals surface area contributed by atoms with Crippen LogP contribution in [0.5, 0.6) is 0 Å². The molecular weight excluding hydrogens is 200 g/mol. The molecule has 1 heterocycles. The number of aliphatic hydroxyl groups is 1. The van der Waals surface area contributed by atoms with Crippen LogP contribution in [0.3, 0.4) is 0 Å². The molecule has 0 saturated carbocycles. The molecule has 3 N–H and O–H groups in total. The highest BCUT2D eigenvalue weighted by Crippen LogP contribution is 2.28. The molecule has 3 heteroatoms. The molecule has 0 bridgehead atoms. The number of likely N-dealkylation sites (tertiary alicyclic amines) is 1. The third-order valence-corrected chi connectivity index (χ3v) is 3.44. The van der Waals surface area contributed by atoms with Crippen molar-refractivity contribution < 1.29 is 5.11 Å². The molecule has 2 atom stereocenters. The number of rotatable bonds is 4. The van der Waals surface area contributed by atoms with Gasteiger partial charge in [-0.15, -0.1) is 0 Å². The number of nitrogens with zero attached hydrogens (tertiary/aromatic N) is 1. The molecule has 2 rings (SSSR count). The molecule has 1 aliphatic rings. The van der Waals surface area contributed by atoms with Crippen LogP contribution in [0.4, 0.5) is 0 Å². The van der Waals surface area contributed by atoms with Crippen LogP contribution in [0, 0.1) is 0 Å². The summed E-state index contributed by atoms with van der Waals surface area (Å²) < 4.78 is 0. The second-order valence-corrected chi connectivity index (χ2v) is 4.38. The maximum Gasteiger partial charge on any atom is 0.0587 e. The lowest BCUT2D eigenvalue weighted by atomic mass is 10.0. The standard InChI is InChI=1S/C13H20N2O/c14-9-13(11-5-2-1-3-6-11)15-8-4-7-12(15)10-16/h1-3,5-6,12-13,16H,4,7-10,14H2. The Balaban J connectivity index is 2.16. The van der Waals surface area contributed by atoms with Gasteiger partial charge < -0.3 is 10.8 Å². The molecule has 0 aliphatic carbocycles. The Morgan fingerprint density at radius 1 is 1.38 bits per heavy atom. The van der Waals surface area contributed by atoms with Gasteiger partial charge in [-0.05, 0) is 24.9 Å². The monoisotopic (exact) mass is 220 g/mol. The highest BCUT2D eigenvalue weighted by molar-refractivity contribution is 5.20. The summed E-state index contributed by atoms with van der Waals surface area (Å²) in [7, 11) is 0. The second-order valence-electron chi connectivity index (χ2n) is 4.38. The van der Waals surface area contributed by atoms with E-state index in [9.17, 15) is 5.11 Å². The summed E-state index contributed by atoms with van der Waals surface area (Å²) >= 11 is 0. The van der Waals surface area contributed by atoms with Gasteiger partial charge in [0.1, 0.15) is 0 Å². The van der Waals surface area contributed by atoms with Crippen LogP contribution in [0.15, 0.2) is 30.3 Å². The molecule has 0 spiro atoms. The van der Waals surface area contributed by atoms with E-state index in [0.717, 1.165) is 19.4 Å². The molecule has 2 unspecified atom stereocenters. The van der Waals surface area contributed by atoms with Crippen LogP contribution in [0.25, 0.3) is 0 Å². The van der Waals surface area contributed by atoms with Crippen LogP contribution < -0.4 is 5.73 Å². The van der Waals surface area contributed by atoms with E-state index in [-0.39, 0.29) is 18.7 Å². The van der Waals surface area contributed by atoms with E-state index < -0.39 is 0 Å². The van der Waals surface area contributed by atoms with Gasteiger partial charge in [0.15, 0.2) is 0 Å². The molecule has 0 amide bonds. The summed E-state index contributed by atoms with van der Waals surface area (Å²) in [6, 6.07) is 10.9. The first kappa shape index (κ1) is 11.6. The van der Waals surface area contributed by atoms with Crippen molar-refractivity contribution >= 4 is 0 Å². The number of nitrogens with two attached hydrogens (primary N) is 1. The Hall–Kier alpha value is -0.900. The molecule has 0 radical (unpaired) electrons. The molecule has 0 aromatic heterocycles. The highest BCUT2D eigenvalue weighted by Gasteiger charge is 2.30. The van der Waals surface area contributed by atoms with E-state index in [0.29, 0.717) is 6.54 Å². The maximum atomic E-state index is 9.35. The summed E-state index contributed by atoms with van der Waals surface area (Å²) in [6.45, 7) is 1.89. The molecule has 1 aromatic rings. The summed E-state index contributed by atoms with van der Waals surface area (Å²) in [5.74, 6) is 0. The van der Waals surface area contributed by atoms with Gasteiger partial charge in [-0.3, -0.25) is 4.90 Å². The third-order valence-electron chi connectivity index (χ3n) is 3.44. The maximum absolute atomic E-state index is 9.35. The molecular formula is C13H20N2O. The largest absolute Gasteiger partial charge is 0.395 e. The van der Waals surface area contributed by atoms with Crippen molar-refractivity contribution in [1.82, 2.24) is 4.90 Å². The summed E-state index contributed by atoms with van der Waals surface area (Å²) in [4.78, 5) is 2.34. The lowest BCUT2D eigenvalue weighted by molar-refractivity contribution is 0.121. The molecule has 88 valence electrons. The molecule has 1 aliphatic heterocycles. The SMILES string of the molecule is NCC(c1ccccc1)N1CCCC1CO. The number of hydrogen-bond donors (Lipinski definition) is 2. The Morgan fingerprint density at radius 2 is 2.12 bits per heavy atom. The van der Waals surface area contributed by atoms with Crippen LogP contribution >= 0.6 is 0 Å². The third kappa shape index (κ3) is 2.26. The minimum Gasteiger partial charge on any atom is -0.395 e. The van der Waals surface area contributed by atoms with E-state index in [2.05, 4.69) is 17.0 Å². The summed E-state index contributed by atoms with van der Waals surface area (Å²) in [5.41, 5.74) is 7.13. The average Bonchev–Trinajstić information content (AvgIpc) is 2.80. The quantitative estimate of drug-likeness (QED) is 0.800. The van der Waals surface area contributed by atoms with E-state index in [4.69, 9.17) is 5.73 Å². The average molecular weight is 220 g/mol. The van der Waals surface area contributed by atoms with E-state index >= 15 is 0 Å². The van der Waals surface area contributed by atoms with Crippen LogP contribution in [-0.4, -0.2) is 35.7 Å². The normalized spacial score (nSPS) is 23.5. The zero-order valence-electron chi connectivity index (χ0n) is 9.55. The number of benzene rings is 1. The Morgan fingerprint density at radius 3 is 2.75 bits per heavy atom. The van der Waals surface area contributed by atoms with Crippen molar-refractivity contribution in [2.24, 2.45) is 5.73 Å². The Labute approximate surface area is 96.9 Å². The van der Waals surface area contributed by atoms with Crippen molar-refractivity contribution in [2.75, 3.05) is 19.7 Å². The van der Waals surface area contributed by atoms with Gasteiger partial charge in [0, 0.05) is 18.6 Å². The Bertz CT molecular complexity index is 315. The minimum atomic E-state index is 0.239. The zero-order valence-corrected chi connectivity index (χ0v) is 9.55. The van der Waals surface area contributed by atoms with Gasteiger partial charge in [-0.2, -0.15) is 0 Å². The summed E-state index contributed by atoms with van der Waals surface area (Å²) in [6.07, 6.45) is 2.24. The predicted molar refractivity (Wildman–Crippen MR) is 65.1 cm³/mol. The molecule has 1 saturated heterocycles. The van der Waals surface area contributed by atoms with Crippen LogP contribution in [0.1, 0.15) is 24.4 Å². The van der Waals surface area contributed by atoms with Gasteiger partial charge >= 0.3 is 0 Å². The minimum absolute atomic E-state index is 0.239. The highest BCUT2D eigenvalue weighted by atomic mass is 16.3. The van der Waals surface area contributed by atoms with Crippen LogP contribution in [-0.2, 0) is 0 Å². The van der Waals surface area contributed by atoms with Gasteiger partial charge in [0.05, 0.1) is 6.61 Å². The molecule has 1 aromatic carbocycles. The lowest BCUT2D eigenvalue weighted by Gasteiger charge is -2.31. The van der Waals surface area contributed by atoms with Crippen molar-refractivity contribution in [3.05, 3.63) is 35.9 Å². The topological polar surface area (TPSA) is 49.5 Å². The van der Waals surface area contributed by atoms with Gasteiger partial charge in [0.25, 0.3) is 0 Å². The second kappa shape index (κ2) is 5.43. The van der Waals surface area contributed by atoms with Gasteiger partial charge in [-0.25, -0.2) is 0 Å². The zero-order chi connectivity index (χ0) is 11.4. The first-order valence-corrected chi connectivity index (χ1v) is 5.98. The van der Waals surface area contributed by atoms with Crippen molar-refractivity contribution in [3.63, 3.8) is 0 Å². The molecule has 1 fully saturated rings. The van der Waals surface area contributed by atoms with Gasteiger partial charge in [0.2, 0.25) is 0 Å². The van der Waals surface area contributed by atoms with E-state index in [1.54, 1.807) is 0 Å². The fourth-order valence-corrected chi connectivity index (χ4v) is 2.60. The first-order chi connectivity index (χ1) is 7.86. The van der Waals surface area contributed by atoms with Gasteiger partial charge in [-0.1, -0.05) is 30.3 Å².